The standard InChI is InChI=1S/C8H11N3O3S/c1-5-3-7(15(9,13)14)4-10-8(5)11-6(2)12/h3-4H,1-2H3,(H2,9,13,14)(H,10,11,12). The lowest BCUT2D eigenvalue weighted by atomic mass is 10.3. The molecule has 82 valence electrons. The molecule has 0 fully saturated rings. The molecular weight excluding hydrogens is 218 g/mol. The highest BCUT2D eigenvalue weighted by atomic mass is 32.2. The van der Waals surface area contributed by atoms with Crippen LogP contribution in [-0.4, -0.2) is 19.3 Å². The number of hydrogen-bond acceptors (Lipinski definition) is 4. The topological polar surface area (TPSA) is 102 Å². The van der Waals surface area contributed by atoms with Gasteiger partial charge in [0, 0.05) is 13.1 Å². The molecule has 0 unspecified atom stereocenters. The number of primary sulfonamides is 1. The minimum Gasteiger partial charge on any atom is -0.311 e. The summed E-state index contributed by atoms with van der Waals surface area (Å²) >= 11 is 0. The van der Waals surface area contributed by atoms with Crippen LogP contribution >= 0.6 is 0 Å². The van der Waals surface area contributed by atoms with Crippen LogP contribution in [0.4, 0.5) is 5.82 Å². The van der Waals surface area contributed by atoms with E-state index in [9.17, 15) is 13.2 Å². The Morgan fingerprint density at radius 3 is 2.53 bits per heavy atom. The van der Waals surface area contributed by atoms with Gasteiger partial charge in [-0.05, 0) is 18.6 Å². The first-order valence-corrected chi connectivity index (χ1v) is 5.62. The second-order valence-corrected chi connectivity index (χ2v) is 4.62. The molecule has 1 amide bonds. The van der Waals surface area contributed by atoms with Gasteiger partial charge in [0.05, 0.1) is 0 Å². The largest absolute Gasteiger partial charge is 0.311 e. The molecule has 0 aliphatic rings. The summed E-state index contributed by atoms with van der Waals surface area (Å²) in [5.41, 5.74) is 0.539. The van der Waals surface area contributed by atoms with Crippen molar-refractivity contribution in [3.8, 4) is 0 Å². The summed E-state index contributed by atoms with van der Waals surface area (Å²) in [4.78, 5) is 14.5. The fourth-order valence-electron chi connectivity index (χ4n) is 1.00. The van der Waals surface area contributed by atoms with Crippen LogP contribution in [0, 0.1) is 6.92 Å². The minimum atomic E-state index is -3.75. The first-order valence-electron chi connectivity index (χ1n) is 4.08. The molecule has 7 heteroatoms. The Labute approximate surface area is 87.6 Å². The lowest BCUT2D eigenvalue weighted by Crippen LogP contribution is -2.14. The van der Waals surface area contributed by atoms with E-state index in [1.165, 1.54) is 13.0 Å². The van der Waals surface area contributed by atoms with Crippen molar-refractivity contribution in [2.24, 2.45) is 5.14 Å². The zero-order valence-corrected chi connectivity index (χ0v) is 9.13. The van der Waals surface area contributed by atoms with E-state index in [4.69, 9.17) is 5.14 Å². The van der Waals surface area contributed by atoms with Crippen molar-refractivity contribution in [1.82, 2.24) is 4.98 Å². The summed E-state index contributed by atoms with van der Waals surface area (Å²) in [6.45, 7) is 2.97. The predicted octanol–water partition coefficient (Wildman–Crippen LogP) is -0.00418. The van der Waals surface area contributed by atoms with Crippen LogP contribution in [0.25, 0.3) is 0 Å². The number of aromatic nitrogens is 1. The molecule has 0 spiro atoms. The number of nitrogens with one attached hydrogen (secondary N) is 1. The Balaban J connectivity index is 3.15. The van der Waals surface area contributed by atoms with Crippen LogP contribution in [0.1, 0.15) is 12.5 Å². The van der Waals surface area contributed by atoms with Gasteiger partial charge in [-0.1, -0.05) is 0 Å². The Kier molecular flexibility index (Phi) is 3.06. The van der Waals surface area contributed by atoms with E-state index in [-0.39, 0.29) is 10.8 Å². The third kappa shape index (κ3) is 3.00. The molecule has 0 bridgehead atoms. The van der Waals surface area contributed by atoms with Crippen LogP contribution in [0.5, 0.6) is 0 Å². The number of pyridine rings is 1. The number of carbonyl (C=O) groups excluding carboxylic acids is 1. The molecule has 0 aliphatic carbocycles. The van der Waals surface area contributed by atoms with Crippen molar-refractivity contribution in [3.63, 3.8) is 0 Å². The summed E-state index contributed by atoms with van der Waals surface area (Å²) in [5.74, 6) is 0.0591. The Bertz CT molecular complexity index is 496. The van der Waals surface area contributed by atoms with E-state index in [0.29, 0.717) is 11.4 Å². The third-order valence-electron chi connectivity index (χ3n) is 1.68. The number of sulfonamides is 1. The van der Waals surface area contributed by atoms with Gasteiger partial charge in [-0.15, -0.1) is 0 Å². The van der Waals surface area contributed by atoms with Crippen molar-refractivity contribution in [3.05, 3.63) is 17.8 Å². The quantitative estimate of drug-likeness (QED) is 0.744. The Morgan fingerprint density at radius 2 is 2.13 bits per heavy atom. The lowest BCUT2D eigenvalue weighted by molar-refractivity contribution is -0.114. The van der Waals surface area contributed by atoms with Gasteiger partial charge < -0.3 is 5.32 Å². The van der Waals surface area contributed by atoms with E-state index in [1.807, 2.05) is 0 Å². The lowest BCUT2D eigenvalue weighted by Gasteiger charge is -2.06. The highest BCUT2D eigenvalue weighted by Gasteiger charge is 2.10. The number of carbonyl (C=O) groups is 1. The van der Waals surface area contributed by atoms with Crippen molar-refractivity contribution < 1.29 is 13.2 Å². The second kappa shape index (κ2) is 3.95. The second-order valence-electron chi connectivity index (χ2n) is 3.06. The van der Waals surface area contributed by atoms with E-state index in [1.54, 1.807) is 6.92 Å². The number of hydrogen-bond donors (Lipinski definition) is 2. The zero-order valence-electron chi connectivity index (χ0n) is 8.31. The van der Waals surface area contributed by atoms with Gasteiger partial charge in [0.2, 0.25) is 15.9 Å². The number of nitrogens with zero attached hydrogens (tertiary/aromatic N) is 1. The van der Waals surface area contributed by atoms with Gasteiger partial charge in [-0.3, -0.25) is 4.79 Å². The predicted molar refractivity (Wildman–Crippen MR) is 54.7 cm³/mol. The minimum absolute atomic E-state index is 0.0749. The molecule has 0 atom stereocenters. The maximum absolute atomic E-state index is 11.0. The van der Waals surface area contributed by atoms with Crippen LogP contribution in [0.3, 0.4) is 0 Å². The summed E-state index contributed by atoms with van der Waals surface area (Å²) in [5, 5.41) is 7.39. The van der Waals surface area contributed by atoms with Crippen LogP contribution in [-0.2, 0) is 14.8 Å². The highest BCUT2D eigenvalue weighted by molar-refractivity contribution is 7.89. The molecular formula is C8H11N3O3S. The first-order chi connectivity index (χ1) is 6.80. The average molecular weight is 229 g/mol. The molecule has 1 aromatic heterocycles. The number of anilines is 1. The van der Waals surface area contributed by atoms with Crippen molar-refractivity contribution >= 4 is 21.7 Å². The van der Waals surface area contributed by atoms with Gasteiger partial charge in [0.1, 0.15) is 10.7 Å². The molecule has 6 nitrogen and oxygen atoms in total. The van der Waals surface area contributed by atoms with E-state index < -0.39 is 10.0 Å². The number of aryl methyl sites for hydroxylation is 1. The molecule has 3 N–H and O–H groups in total. The fourth-order valence-corrected chi connectivity index (χ4v) is 1.54. The van der Waals surface area contributed by atoms with E-state index >= 15 is 0 Å². The number of rotatable bonds is 2. The molecule has 0 saturated heterocycles. The van der Waals surface area contributed by atoms with E-state index in [2.05, 4.69) is 10.3 Å². The van der Waals surface area contributed by atoms with Crippen LogP contribution < -0.4 is 10.5 Å². The molecule has 1 heterocycles. The van der Waals surface area contributed by atoms with Crippen molar-refractivity contribution in [2.45, 2.75) is 18.7 Å². The monoisotopic (exact) mass is 229 g/mol. The van der Waals surface area contributed by atoms with Gasteiger partial charge in [-0.2, -0.15) is 0 Å². The molecule has 0 radical (unpaired) electrons. The number of nitrogens with two attached hydrogens (primary N) is 1. The molecule has 1 aromatic rings. The maximum Gasteiger partial charge on any atom is 0.239 e. The molecule has 0 saturated carbocycles. The molecule has 15 heavy (non-hydrogen) atoms. The Morgan fingerprint density at radius 1 is 1.53 bits per heavy atom. The summed E-state index contributed by atoms with van der Waals surface area (Å²) < 4.78 is 21.9. The smallest absolute Gasteiger partial charge is 0.239 e. The van der Waals surface area contributed by atoms with Crippen LogP contribution in [0.15, 0.2) is 17.2 Å². The summed E-state index contributed by atoms with van der Waals surface area (Å²) in [6, 6.07) is 1.35. The van der Waals surface area contributed by atoms with Crippen molar-refractivity contribution in [1.29, 1.82) is 0 Å². The van der Waals surface area contributed by atoms with Gasteiger partial charge in [-0.25, -0.2) is 18.5 Å². The average Bonchev–Trinajstić information content (AvgIpc) is 2.05. The van der Waals surface area contributed by atoms with Crippen LogP contribution in [0.2, 0.25) is 0 Å². The normalized spacial score (nSPS) is 11.1. The molecule has 0 aromatic carbocycles. The molecule has 0 aliphatic heterocycles. The number of amides is 1. The highest BCUT2D eigenvalue weighted by Crippen LogP contribution is 2.15. The van der Waals surface area contributed by atoms with Gasteiger partial charge >= 0.3 is 0 Å². The third-order valence-corrected chi connectivity index (χ3v) is 2.56. The first kappa shape index (κ1) is 11.6. The van der Waals surface area contributed by atoms with E-state index in [0.717, 1.165) is 6.20 Å². The molecule has 1 rings (SSSR count). The van der Waals surface area contributed by atoms with Gasteiger partial charge in [0.25, 0.3) is 0 Å². The summed E-state index contributed by atoms with van der Waals surface area (Å²) in [7, 11) is -3.75. The SMILES string of the molecule is CC(=O)Nc1ncc(S(N)(=O)=O)cc1C. The fraction of sp³-hybridized carbons (Fsp3) is 0.250. The van der Waals surface area contributed by atoms with Gasteiger partial charge in [0.15, 0.2) is 0 Å². The maximum atomic E-state index is 11.0. The van der Waals surface area contributed by atoms with Crippen molar-refractivity contribution in [2.75, 3.05) is 5.32 Å². The Hall–Kier alpha value is -1.47. The zero-order chi connectivity index (χ0) is 11.6. The summed E-state index contributed by atoms with van der Waals surface area (Å²) in [6.07, 6.45) is 1.10.